The quantitative estimate of drug-likeness (QED) is 0.494. The van der Waals surface area contributed by atoms with Crippen LogP contribution in [0.5, 0.6) is 0 Å². The zero-order chi connectivity index (χ0) is 11.7. The Bertz CT molecular complexity index is 418. The molecule has 1 fully saturated rings. The molecular formula is C10H13NO5. The van der Waals surface area contributed by atoms with Gasteiger partial charge in [-0.1, -0.05) is 0 Å². The van der Waals surface area contributed by atoms with Crippen molar-refractivity contribution in [1.29, 1.82) is 0 Å². The van der Waals surface area contributed by atoms with Gasteiger partial charge in [0.25, 0.3) is 5.56 Å². The van der Waals surface area contributed by atoms with Crippen molar-refractivity contribution in [1.82, 2.24) is 4.98 Å². The minimum Gasteiger partial charge on any atom is -0.394 e. The lowest BCUT2D eigenvalue weighted by molar-refractivity contribution is -0.0231. The van der Waals surface area contributed by atoms with Crippen LogP contribution in [0.1, 0.15) is 11.7 Å². The lowest BCUT2D eigenvalue weighted by atomic mass is 10.0. The summed E-state index contributed by atoms with van der Waals surface area (Å²) in [6.45, 7) is -0.403. The van der Waals surface area contributed by atoms with Crippen LogP contribution >= 0.6 is 0 Å². The van der Waals surface area contributed by atoms with Crippen molar-refractivity contribution >= 4 is 0 Å². The van der Waals surface area contributed by atoms with E-state index in [1.807, 2.05) is 0 Å². The molecule has 1 aliphatic heterocycles. The molecule has 4 N–H and O–H groups in total. The Kier molecular flexibility index (Phi) is 3.06. The molecule has 88 valence electrons. The van der Waals surface area contributed by atoms with E-state index >= 15 is 0 Å². The van der Waals surface area contributed by atoms with Gasteiger partial charge in [0.1, 0.15) is 24.4 Å². The maximum Gasteiger partial charge on any atom is 0.253 e. The van der Waals surface area contributed by atoms with E-state index in [0.29, 0.717) is 0 Å². The van der Waals surface area contributed by atoms with Crippen LogP contribution in [0.25, 0.3) is 0 Å². The molecule has 0 radical (unpaired) electrons. The summed E-state index contributed by atoms with van der Waals surface area (Å²) in [7, 11) is 0. The van der Waals surface area contributed by atoms with Crippen LogP contribution in [0, 0.1) is 0 Å². The number of rotatable bonds is 2. The Morgan fingerprint density at radius 1 is 1.38 bits per heavy atom. The zero-order valence-electron chi connectivity index (χ0n) is 8.41. The highest BCUT2D eigenvalue weighted by Gasteiger charge is 2.43. The second-order valence-electron chi connectivity index (χ2n) is 3.71. The van der Waals surface area contributed by atoms with Crippen LogP contribution in [-0.4, -0.2) is 45.2 Å². The van der Waals surface area contributed by atoms with Crippen LogP contribution in [0.4, 0.5) is 0 Å². The summed E-state index contributed by atoms with van der Waals surface area (Å²) < 4.78 is 5.23. The highest BCUT2D eigenvalue weighted by atomic mass is 16.6. The Labute approximate surface area is 91.1 Å². The van der Waals surface area contributed by atoms with E-state index in [1.54, 1.807) is 6.07 Å². The number of aromatic amines is 1. The molecule has 4 atom stereocenters. The summed E-state index contributed by atoms with van der Waals surface area (Å²) in [4.78, 5) is 13.9. The first-order valence-electron chi connectivity index (χ1n) is 4.95. The standard InChI is InChI=1S/C10H13NO5/c12-4-6-7(13)8(14)9(16-6)5-2-1-3-11-10(5)15/h1-3,6-9,12-14H,4H2,(H,11,15). The van der Waals surface area contributed by atoms with Gasteiger partial charge in [-0.15, -0.1) is 0 Å². The van der Waals surface area contributed by atoms with Gasteiger partial charge < -0.3 is 25.0 Å². The maximum atomic E-state index is 11.5. The van der Waals surface area contributed by atoms with E-state index in [1.165, 1.54) is 12.3 Å². The van der Waals surface area contributed by atoms with Crippen molar-refractivity contribution in [2.24, 2.45) is 0 Å². The maximum absolute atomic E-state index is 11.5. The zero-order valence-corrected chi connectivity index (χ0v) is 8.41. The van der Waals surface area contributed by atoms with E-state index in [0.717, 1.165) is 0 Å². The van der Waals surface area contributed by atoms with Gasteiger partial charge in [0, 0.05) is 11.8 Å². The van der Waals surface area contributed by atoms with Crippen LogP contribution in [-0.2, 0) is 4.74 Å². The van der Waals surface area contributed by atoms with Crippen molar-refractivity contribution in [3.63, 3.8) is 0 Å². The van der Waals surface area contributed by atoms with Gasteiger partial charge in [0.2, 0.25) is 0 Å². The molecule has 2 rings (SSSR count). The Hall–Kier alpha value is -1.21. The molecule has 16 heavy (non-hydrogen) atoms. The van der Waals surface area contributed by atoms with Crippen LogP contribution < -0.4 is 5.56 Å². The number of nitrogens with one attached hydrogen (secondary N) is 1. The van der Waals surface area contributed by atoms with Gasteiger partial charge in [0.05, 0.1) is 6.61 Å². The molecule has 1 aromatic heterocycles. The number of aliphatic hydroxyl groups is 3. The molecule has 6 heteroatoms. The minimum absolute atomic E-state index is 0.241. The SMILES string of the molecule is O=c1[nH]cccc1C1OC(CO)C(O)C1O. The fourth-order valence-electron chi connectivity index (χ4n) is 1.82. The molecule has 2 heterocycles. The summed E-state index contributed by atoms with van der Waals surface area (Å²) >= 11 is 0. The van der Waals surface area contributed by atoms with Crippen LogP contribution in [0.3, 0.4) is 0 Å². The average molecular weight is 227 g/mol. The number of ether oxygens (including phenoxy) is 1. The lowest BCUT2D eigenvalue weighted by Crippen LogP contribution is -2.33. The Morgan fingerprint density at radius 3 is 2.69 bits per heavy atom. The molecule has 0 aliphatic carbocycles. The molecule has 1 saturated heterocycles. The predicted molar refractivity (Wildman–Crippen MR) is 53.8 cm³/mol. The number of aliphatic hydroxyl groups excluding tert-OH is 3. The van der Waals surface area contributed by atoms with Gasteiger partial charge >= 0.3 is 0 Å². The molecule has 1 aromatic rings. The highest BCUT2D eigenvalue weighted by Crippen LogP contribution is 2.31. The lowest BCUT2D eigenvalue weighted by Gasteiger charge is -2.13. The monoisotopic (exact) mass is 227 g/mol. The Morgan fingerprint density at radius 2 is 2.12 bits per heavy atom. The molecular weight excluding hydrogens is 214 g/mol. The summed E-state index contributed by atoms with van der Waals surface area (Å²) in [5, 5.41) is 28.1. The topological polar surface area (TPSA) is 103 Å². The van der Waals surface area contributed by atoms with Crippen molar-refractivity contribution in [3.05, 3.63) is 34.2 Å². The molecule has 0 bridgehead atoms. The fraction of sp³-hybridized carbons (Fsp3) is 0.500. The van der Waals surface area contributed by atoms with Crippen molar-refractivity contribution in [2.75, 3.05) is 6.61 Å². The molecule has 0 saturated carbocycles. The molecule has 6 nitrogen and oxygen atoms in total. The second kappa shape index (κ2) is 4.34. The van der Waals surface area contributed by atoms with Crippen LogP contribution in [0.15, 0.2) is 23.1 Å². The number of aromatic nitrogens is 1. The van der Waals surface area contributed by atoms with Crippen molar-refractivity contribution < 1.29 is 20.1 Å². The first-order valence-corrected chi connectivity index (χ1v) is 4.95. The van der Waals surface area contributed by atoms with Gasteiger partial charge in [-0.25, -0.2) is 0 Å². The van der Waals surface area contributed by atoms with E-state index in [-0.39, 0.29) is 11.1 Å². The highest BCUT2D eigenvalue weighted by molar-refractivity contribution is 5.16. The normalized spacial score (nSPS) is 34.2. The molecule has 4 unspecified atom stereocenters. The first kappa shape index (κ1) is 11.3. The fourth-order valence-corrected chi connectivity index (χ4v) is 1.82. The summed E-state index contributed by atoms with van der Waals surface area (Å²) in [5.41, 5.74) is -0.137. The largest absolute Gasteiger partial charge is 0.394 e. The Balaban J connectivity index is 2.30. The minimum atomic E-state index is -1.21. The summed E-state index contributed by atoms with van der Waals surface area (Å²) in [6.07, 6.45) is -2.69. The number of H-pyrrole nitrogens is 1. The number of hydrogen-bond acceptors (Lipinski definition) is 5. The number of pyridine rings is 1. The molecule has 0 aromatic carbocycles. The first-order chi connectivity index (χ1) is 7.65. The average Bonchev–Trinajstić information content (AvgIpc) is 2.57. The third kappa shape index (κ3) is 1.76. The molecule has 0 amide bonds. The number of hydrogen-bond donors (Lipinski definition) is 4. The third-order valence-corrected chi connectivity index (χ3v) is 2.70. The molecule has 0 spiro atoms. The van der Waals surface area contributed by atoms with Gasteiger partial charge in [-0.2, -0.15) is 0 Å². The second-order valence-corrected chi connectivity index (χ2v) is 3.71. The summed E-state index contributed by atoms with van der Waals surface area (Å²) in [6, 6.07) is 3.12. The third-order valence-electron chi connectivity index (χ3n) is 2.70. The van der Waals surface area contributed by atoms with Crippen LogP contribution in [0.2, 0.25) is 0 Å². The van der Waals surface area contributed by atoms with Gasteiger partial charge in [-0.3, -0.25) is 4.79 Å². The van der Waals surface area contributed by atoms with Gasteiger partial charge in [0.15, 0.2) is 0 Å². The van der Waals surface area contributed by atoms with Gasteiger partial charge in [-0.05, 0) is 12.1 Å². The van der Waals surface area contributed by atoms with E-state index in [4.69, 9.17) is 9.84 Å². The molecule has 1 aliphatic rings. The smallest absolute Gasteiger partial charge is 0.253 e. The van der Waals surface area contributed by atoms with Crippen molar-refractivity contribution in [3.8, 4) is 0 Å². The van der Waals surface area contributed by atoms with Crippen molar-refractivity contribution in [2.45, 2.75) is 24.4 Å². The summed E-state index contributed by atoms with van der Waals surface area (Å²) in [5.74, 6) is 0. The van der Waals surface area contributed by atoms with E-state index < -0.39 is 31.0 Å². The van der Waals surface area contributed by atoms with E-state index in [2.05, 4.69) is 4.98 Å². The predicted octanol–water partition coefficient (Wildman–Crippen LogP) is -1.47. The van der Waals surface area contributed by atoms with E-state index in [9.17, 15) is 15.0 Å².